The largest absolute Gasteiger partial charge is 0.408 e. The quantitative estimate of drug-likeness (QED) is 0.689. The third-order valence-corrected chi connectivity index (χ3v) is 2.35. The van der Waals surface area contributed by atoms with Crippen molar-refractivity contribution < 1.29 is 19.1 Å². The Labute approximate surface area is 114 Å². The Morgan fingerprint density at radius 1 is 1.21 bits per heavy atom. The fourth-order valence-corrected chi connectivity index (χ4v) is 1.85. The molecule has 3 N–H and O–H groups in total. The normalized spacial score (nSPS) is 24.4. The first-order chi connectivity index (χ1) is 8.32. The predicted molar refractivity (Wildman–Crippen MR) is 70.2 cm³/mol. The van der Waals surface area contributed by atoms with Crippen molar-refractivity contribution >= 4 is 0 Å². The molecule has 0 amide bonds. The van der Waals surface area contributed by atoms with Crippen molar-refractivity contribution in [3.8, 4) is 0 Å². The van der Waals surface area contributed by atoms with E-state index < -0.39 is 28.9 Å². The van der Waals surface area contributed by atoms with Crippen LogP contribution in [0.15, 0.2) is 11.6 Å². The second-order valence-electron chi connectivity index (χ2n) is 6.92. The van der Waals surface area contributed by atoms with Gasteiger partial charge in [-0.3, -0.25) is 0 Å². The van der Waals surface area contributed by atoms with Crippen LogP contribution < -0.4 is 10.8 Å². The second-order valence-corrected chi connectivity index (χ2v) is 6.92. The van der Waals surface area contributed by atoms with Gasteiger partial charge < -0.3 is 14.7 Å². The fourth-order valence-electron chi connectivity index (χ4n) is 1.85. The summed E-state index contributed by atoms with van der Waals surface area (Å²) in [5, 5.41) is 12.7. The molecule has 0 aliphatic carbocycles. The van der Waals surface area contributed by atoms with E-state index in [1.807, 2.05) is 20.8 Å². The van der Waals surface area contributed by atoms with Gasteiger partial charge >= 0.3 is 0 Å². The molecule has 1 aliphatic rings. The molecule has 0 aromatic heterocycles. The first-order valence-corrected chi connectivity index (χ1v) is 6.35. The van der Waals surface area contributed by atoms with Crippen molar-refractivity contribution in [3.63, 3.8) is 0 Å². The summed E-state index contributed by atoms with van der Waals surface area (Å²) in [4.78, 5) is 5.14. The lowest BCUT2D eigenvalue weighted by atomic mass is 9.93. The van der Waals surface area contributed by atoms with Crippen LogP contribution in [0.5, 0.6) is 0 Å². The minimum atomic E-state index is -1.68. The number of hydroxylamine groups is 1. The summed E-state index contributed by atoms with van der Waals surface area (Å²) < 4.78 is 19.6. The number of ether oxygens (including phenoxy) is 1. The molecule has 112 valence electrons. The Balaban J connectivity index is 2.77. The molecule has 1 heterocycles. The Hall–Kier alpha value is -0.690. The molecule has 6 heteroatoms. The third kappa shape index (κ3) is 4.72. The molecule has 2 atom stereocenters. The number of nitrogens with one attached hydrogen (secondary N) is 2. The predicted octanol–water partition coefficient (Wildman–Crippen LogP) is 2.15. The van der Waals surface area contributed by atoms with Crippen molar-refractivity contribution in [2.45, 2.75) is 66.1 Å². The number of rotatable bonds is 3. The zero-order valence-electron chi connectivity index (χ0n) is 12.7. The summed E-state index contributed by atoms with van der Waals surface area (Å²) in [5.74, 6) is -1.94. The highest BCUT2D eigenvalue weighted by Gasteiger charge is 2.39. The van der Waals surface area contributed by atoms with E-state index in [1.54, 1.807) is 20.8 Å². The van der Waals surface area contributed by atoms with Gasteiger partial charge in [0.15, 0.2) is 17.8 Å². The lowest BCUT2D eigenvalue weighted by molar-refractivity contribution is -0.264. The number of aliphatic hydroxyl groups is 1. The maximum Gasteiger partial charge on any atom is 0.224 e. The van der Waals surface area contributed by atoms with Crippen LogP contribution in [0.1, 0.15) is 48.5 Å². The molecular formula is C13H25FN2O3. The highest BCUT2D eigenvalue weighted by atomic mass is 19.1. The van der Waals surface area contributed by atoms with Crippen molar-refractivity contribution in [3.05, 3.63) is 11.6 Å². The zero-order chi connectivity index (χ0) is 15.1. The summed E-state index contributed by atoms with van der Waals surface area (Å²) in [7, 11) is 0. The molecule has 5 nitrogen and oxygen atoms in total. The minimum absolute atomic E-state index is 0.219. The van der Waals surface area contributed by atoms with Gasteiger partial charge in [-0.05, 0) is 20.8 Å². The van der Waals surface area contributed by atoms with Crippen LogP contribution in [0.3, 0.4) is 0 Å². The molecule has 0 saturated carbocycles. The minimum Gasteiger partial charge on any atom is -0.408 e. The van der Waals surface area contributed by atoms with Crippen LogP contribution in [0.25, 0.3) is 0 Å². The van der Waals surface area contributed by atoms with Crippen molar-refractivity contribution in [1.82, 2.24) is 10.8 Å². The standard InChI is InChI=1S/C13H25FN2O3/c1-11(2,3)9-8(14)10(16-18-9)15-13(7,17)19-12(4,5)6/h10,15-17H,1-7H3. The van der Waals surface area contributed by atoms with E-state index in [0.29, 0.717) is 0 Å². The van der Waals surface area contributed by atoms with Crippen LogP contribution in [-0.4, -0.2) is 22.8 Å². The van der Waals surface area contributed by atoms with Gasteiger partial charge in [0, 0.05) is 12.3 Å². The first-order valence-electron chi connectivity index (χ1n) is 6.35. The lowest BCUT2D eigenvalue weighted by Gasteiger charge is -2.34. The molecule has 0 radical (unpaired) electrons. The Kier molecular flexibility index (Phi) is 4.32. The molecule has 0 fully saturated rings. The van der Waals surface area contributed by atoms with E-state index in [1.165, 1.54) is 6.92 Å². The van der Waals surface area contributed by atoms with Gasteiger partial charge in [0.1, 0.15) is 0 Å². The summed E-state index contributed by atoms with van der Waals surface area (Å²) >= 11 is 0. The summed E-state index contributed by atoms with van der Waals surface area (Å²) in [6.45, 7) is 12.3. The second kappa shape index (κ2) is 5.01. The summed E-state index contributed by atoms with van der Waals surface area (Å²) in [5.41, 5.74) is 1.48. The van der Waals surface area contributed by atoms with Crippen LogP contribution in [0.2, 0.25) is 0 Å². The topological polar surface area (TPSA) is 62.8 Å². The van der Waals surface area contributed by atoms with Crippen molar-refractivity contribution in [2.75, 3.05) is 0 Å². The van der Waals surface area contributed by atoms with Gasteiger partial charge in [-0.1, -0.05) is 20.8 Å². The van der Waals surface area contributed by atoms with Gasteiger partial charge in [-0.25, -0.2) is 9.71 Å². The molecule has 0 spiro atoms. The molecule has 2 unspecified atom stereocenters. The van der Waals surface area contributed by atoms with Gasteiger partial charge in [-0.2, -0.15) is 0 Å². The average molecular weight is 276 g/mol. The zero-order valence-corrected chi connectivity index (χ0v) is 12.7. The van der Waals surface area contributed by atoms with E-state index >= 15 is 0 Å². The van der Waals surface area contributed by atoms with Gasteiger partial charge in [0.25, 0.3) is 0 Å². The third-order valence-electron chi connectivity index (χ3n) is 2.35. The first kappa shape index (κ1) is 16.4. The Bertz CT molecular complexity index is 367. The van der Waals surface area contributed by atoms with E-state index in [-0.39, 0.29) is 5.76 Å². The fraction of sp³-hybridized carbons (Fsp3) is 0.846. The monoisotopic (exact) mass is 276 g/mol. The SMILES string of the molecule is CC(C)(C)OC(C)(O)NC1NOC(C(C)(C)C)=C1F. The van der Waals surface area contributed by atoms with Gasteiger partial charge in [0.2, 0.25) is 5.91 Å². The molecule has 1 aliphatic heterocycles. The van der Waals surface area contributed by atoms with E-state index in [2.05, 4.69) is 10.8 Å². The van der Waals surface area contributed by atoms with Crippen molar-refractivity contribution in [2.24, 2.45) is 5.41 Å². The highest BCUT2D eigenvalue weighted by molar-refractivity contribution is 5.16. The van der Waals surface area contributed by atoms with E-state index in [4.69, 9.17) is 9.57 Å². The smallest absolute Gasteiger partial charge is 0.224 e. The average Bonchev–Trinajstić information content (AvgIpc) is 2.41. The van der Waals surface area contributed by atoms with Crippen LogP contribution in [-0.2, 0) is 9.57 Å². The molecule has 1 rings (SSSR count). The molecule has 0 bridgehead atoms. The molecule has 19 heavy (non-hydrogen) atoms. The number of halogens is 1. The number of allylic oxidation sites excluding steroid dienone is 1. The summed E-state index contributed by atoms with van der Waals surface area (Å²) in [6.07, 6.45) is -0.938. The maximum atomic E-state index is 14.2. The van der Waals surface area contributed by atoms with Gasteiger partial charge in [0.05, 0.1) is 5.60 Å². The van der Waals surface area contributed by atoms with Crippen LogP contribution in [0, 0.1) is 5.41 Å². The van der Waals surface area contributed by atoms with Gasteiger partial charge in [-0.15, -0.1) is 5.48 Å². The Morgan fingerprint density at radius 3 is 2.11 bits per heavy atom. The number of hydrogen-bond acceptors (Lipinski definition) is 5. The number of hydrogen-bond donors (Lipinski definition) is 3. The Morgan fingerprint density at radius 2 is 1.74 bits per heavy atom. The van der Waals surface area contributed by atoms with Crippen LogP contribution >= 0.6 is 0 Å². The lowest BCUT2D eigenvalue weighted by Crippen LogP contribution is -2.56. The molecule has 0 aromatic carbocycles. The van der Waals surface area contributed by atoms with E-state index in [0.717, 1.165) is 0 Å². The van der Waals surface area contributed by atoms with E-state index in [9.17, 15) is 9.50 Å². The molecule has 0 aromatic rings. The maximum absolute atomic E-state index is 14.2. The molecule has 0 saturated heterocycles. The molecular weight excluding hydrogens is 251 g/mol. The van der Waals surface area contributed by atoms with Crippen LogP contribution in [0.4, 0.5) is 4.39 Å². The van der Waals surface area contributed by atoms with Crippen molar-refractivity contribution in [1.29, 1.82) is 0 Å². The summed E-state index contributed by atoms with van der Waals surface area (Å²) in [6, 6.07) is 0. The highest BCUT2D eigenvalue weighted by Crippen LogP contribution is 2.33.